The summed E-state index contributed by atoms with van der Waals surface area (Å²) in [7, 11) is 1.91. The second-order valence-electron chi connectivity index (χ2n) is 4.07. The van der Waals surface area contributed by atoms with Crippen LogP contribution in [-0.2, 0) is 7.05 Å². The number of nitrogens with zero attached hydrogens (tertiary/aromatic N) is 3. The molecule has 0 atom stereocenters. The van der Waals surface area contributed by atoms with Crippen LogP contribution in [0.2, 0.25) is 0 Å². The van der Waals surface area contributed by atoms with Gasteiger partial charge in [-0.25, -0.2) is 4.98 Å². The molecule has 0 saturated heterocycles. The van der Waals surface area contributed by atoms with Crippen molar-refractivity contribution >= 4 is 16.6 Å². The van der Waals surface area contributed by atoms with Crippen LogP contribution in [0.25, 0.3) is 21.9 Å². The Morgan fingerprint density at radius 3 is 2.71 bits per heavy atom. The van der Waals surface area contributed by atoms with Gasteiger partial charge in [-0.3, -0.25) is 4.68 Å². The van der Waals surface area contributed by atoms with E-state index in [0.717, 1.165) is 21.9 Å². The standard InChI is InChI=1S/C13H12N4/c1-17-8-12(7-16-17)9-2-3-10-6-15-13(14)5-11(10)4-9/h2-8H,1H3,(H2,14,15). The van der Waals surface area contributed by atoms with Crippen molar-refractivity contribution in [1.82, 2.24) is 14.8 Å². The minimum absolute atomic E-state index is 0.542. The second-order valence-corrected chi connectivity index (χ2v) is 4.07. The Labute approximate surface area is 98.7 Å². The SMILES string of the molecule is Cn1cc(-c2ccc3cnc(N)cc3c2)cn1. The van der Waals surface area contributed by atoms with Gasteiger partial charge in [0.2, 0.25) is 0 Å². The first-order valence-electron chi connectivity index (χ1n) is 5.37. The van der Waals surface area contributed by atoms with E-state index in [4.69, 9.17) is 5.73 Å². The first-order valence-corrected chi connectivity index (χ1v) is 5.37. The Morgan fingerprint density at radius 1 is 1.06 bits per heavy atom. The maximum absolute atomic E-state index is 5.69. The number of aryl methyl sites for hydroxylation is 1. The number of hydrogen-bond acceptors (Lipinski definition) is 3. The number of benzene rings is 1. The van der Waals surface area contributed by atoms with Gasteiger partial charge in [-0.2, -0.15) is 5.10 Å². The van der Waals surface area contributed by atoms with Crippen LogP contribution in [0.3, 0.4) is 0 Å². The number of rotatable bonds is 1. The summed E-state index contributed by atoms with van der Waals surface area (Å²) in [6.45, 7) is 0. The van der Waals surface area contributed by atoms with E-state index in [1.165, 1.54) is 0 Å². The van der Waals surface area contributed by atoms with Crippen molar-refractivity contribution in [3.63, 3.8) is 0 Å². The number of hydrogen-bond donors (Lipinski definition) is 1. The first kappa shape index (κ1) is 9.84. The lowest BCUT2D eigenvalue weighted by Gasteiger charge is -2.02. The zero-order valence-corrected chi connectivity index (χ0v) is 9.46. The van der Waals surface area contributed by atoms with Gasteiger partial charge >= 0.3 is 0 Å². The fourth-order valence-corrected chi connectivity index (χ4v) is 1.91. The van der Waals surface area contributed by atoms with Gasteiger partial charge in [-0.15, -0.1) is 0 Å². The molecular formula is C13H12N4. The number of pyridine rings is 1. The predicted octanol–water partition coefficient (Wildman–Crippen LogP) is 2.22. The molecule has 84 valence electrons. The summed E-state index contributed by atoms with van der Waals surface area (Å²) < 4.78 is 1.79. The summed E-state index contributed by atoms with van der Waals surface area (Å²) in [5.41, 5.74) is 7.93. The molecule has 0 amide bonds. The van der Waals surface area contributed by atoms with E-state index < -0.39 is 0 Å². The van der Waals surface area contributed by atoms with E-state index in [1.54, 1.807) is 10.9 Å². The summed E-state index contributed by atoms with van der Waals surface area (Å²) in [5.74, 6) is 0.542. The van der Waals surface area contributed by atoms with Crippen molar-refractivity contribution in [2.45, 2.75) is 0 Å². The highest BCUT2D eigenvalue weighted by atomic mass is 15.2. The topological polar surface area (TPSA) is 56.7 Å². The summed E-state index contributed by atoms with van der Waals surface area (Å²) in [6.07, 6.45) is 5.63. The van der Waals surface area contributed by atoms with Crippen molar-refractivity contribution in [3.8, 4) is 11.1 Å². The molecule has 3 aromatic rings. The summed E-state index contributed by atoms with van der Waals surface area (Å²) in [5, 5.41) is 6.36. The van der Waals surface area contributed by atoms with Crippen molar-refractivity contribution in [3.05, 3.63) is 42.9 Å². The van der Waals surface area contributed by atoms with Crippen molar-refractivity contribution in [2.24, 2.45) is 7.05 Å². The van der Waals surface area contributed by atoms with Crippen LogP contribution in [0.5, 0.6) is 0 Å². The molecule has 4 nitrogen and oxygen atoms in total. The number of anilines is 1. The lowest BCUT2D eigenvalue weighted by molar-refractivity contribution is 0.768. The monoisotopic (exact) mass is 224 g/mol. The van der Waals surface area contributed by atoms with Crippen LogP contribution in [0.15, 0.2) is 42.9 Å². The average Bonchev–Trinajstić information content (AvgIpc) is 2.75. The smallest absolute Gasteiger partial charge is 0.123 e. The molecule has 0 aliphatic carbocycles. The van der Waals surface area contributed by atoms with Gasteiger partial charge in [0.15, 0.2) is 0 Å². The Bertz CT molecular complexity index is 685. The molecule has 0 spiro atoms. The maximum Gasteiger partial charge on any atom is 0.123 e. The molecule has 0 saturated carbocycles. The highest BCUT2D eigenvalue weighted by Gasteiger charge is 2.02. The Balaban J connectivity index is 2.18. The third-order valence-corrected chi connectivity index (χ3v) is 2.78. The van der Waals surface area contributed by atoms with Gasteiger partial charge in [0.1, 0.15) is 5.82 Å². The molecule has 0 aliphatic heterocycles. The summed E-state index contributed by atoms with van der Waals surface area (Å²) in [4.78, 5) is 4.08. The fourth-order valence-electron chi connectivity index (χ4n) is 1.91. The normalized spacial score (nSPS) is 10.9. The lowest BCUT2D eigenvalue weighted by Crippen LogP contribution is -1.88. The molecule has 2 heterocycles. The Hall–Kier alpha value is -2.36. The Kier molecular flexibility index (Phi) is 2.08. The van der Waals surface area contributed by atoms with Crippen LogP contribution in [0.4, 0.5) is 5.82 Å². The molecule has 0 unspecified atom stereocenters. The van der Waals surface area contributed by atoms with E-state index >= 15 is 0 Å². The largest absolute Gasteiger partial charge is 0.384 e. The van der Waals surface area contributed by atoms with E-state index in [9.17, 15) is 0 Å². The van der Waals surface area contributed by atoms with Crippen LogP contribution in [0.1, 0.15) is 0 Å². The number of fused-ring (bicyclic) bond motifs is 1. The molecule has 0 bridgehead atoms. The zero-order chi connectivity index (χ0) is 11.8. The molecule has 0 radical (unpaired) electrons. The average molecular weight is 224 g/mol. The molecule has 2 N–H and O–H groups in total. The molecule has 2 aromatic heterocycles. The van der Waals surface area contributed by atoms with Crippen LogP contribution >= 0.6 is 0 Å². The van der Waals surface area contributed by atoms with Gasteiger partial charge in [-0.1, -0.05) is 12.1 Å². The highest BCUT2D eigenvalue weighted by molar-refractivity contribution is 5.88. The lowest BCUT2D eigenvalue weighted by atomic mass is 10.1. The molecule has 0 aliphatic rings. The van der Waals surface area contributed by atoms with Crippen LogP contribution < -0.4 is 5.73 Å². The second kappa shape index (κ2) is 3.59. The fraction of sp³-hybridized carbons (Fsp3) is 0.0769. The Morgan fingerprint density at radius 2 is 1.94 bits per heavy atom. The van der Waals surface area contributed by atoms with Gasteiger partial charge in [0.05, 0.1) is 6.20 Å². The van der Waals surface area contributed by atoms with Crippen LogP contribution in [0, 0.1) is 0 Å². The predicted molar refractivity (Wildman–Crippen MR) is 68.4 cm³/mol. The summed E-state index contributed by atoms with van der Waals surface area (Å²) in [6, 6.07) is 8.10. The van der Waals surface area contributed by atoms with E-state index in [2.05, 4.69) is 22.2 Å². The van der Waals surface area contributed by atoms with E-state index in [1.807, 2.05) is 31.6 Å². The molecule has 0 fully saturated rings. The third-order valence-electron chi connectivity index (χ3n) is 2.78. The summed E-state index contributed by atoms with van der Waals surface area (Å²) >= 11 is 0. The molecule has 17 heavy (non-hydrogen) atoms. The van der Waals surface area contributed by atoms with Crippen molar-refractivity contribution in [2.75, 3.05) is 5.73 Å². The van der Waals surface area contributed by atoms with Gasteiger partial charge in [0.25, 0.3) is 0 Å². The number of nitrogen functional groups attached to an aromatic ring is 1. The van der Waals surface area contributed by atoms with Gasteiger partial charge < -0.3 is 5.73 Å². The molecular weight excluding hydrogens is 212 g/mol. The first-order chi connectivity index (χ1) is 8.22. The number of nitrogens with two attached hydrogens (primary N) is 1. The van der Waals surface area contributed by atoms with Crippen molar-refractivity contribution in [1.29, 1.82) is 0 Å². The minimum Gasteiger partial charge on any atom is -0.384 e. The van der Waals surface area contributed by atoms with E-state index in [0.29, 0.717) is 5.82 Å². The van der Waals surface area contributed by atoms with Crippen molar-refractivity contribution < 1.29 is 0 Å². The third kappa shape index (κ3) is 1.73. The molecule has 3 rings (SSSR count). The maximum atomic E-state index is 5.69. The van der Waals surface area contributed by atoms with Gasteiger partial charge in [0, 0.05) is 30.4 Å². The zero-order valence-electron chi connectivity index (χ0n) is 9.46. The molecule has 1 aromatic carbocycles. The molecule has 4 heteroatoms. The quantitative estimate of drug-likeness (QED) is 0.689. The number of aromatic nitrogens is 3. The minimum atomic E-state index is 0.542. The van der Waals surface area contributed by atoms with E-state index in [-0.39, 0.29) is 0 Å². The van der Waals surface area contributed by atoms with Gasteiger partial charge in [-0.05, 0) is 23.1 Å². The van der Waals surface area contributed by atoms with Crippen LogP contribution in [-0.4, -0.2) is 14.8 Å². The highest BCUT2D eigenvalue weighted by Crippen LogP contribution is 2.24.